The van der Waals surface area contributed by atoms with Crippen LogP contribution < -0.4 is 20.9 Å². The maximum Gasteiger partial charge on any atom is 0.300 e. The number of nitrogens with two attached hydrogens (primary N) is 1. The van der Waals surface area contributed by atoms with Crippen LogP contribution in [-0.4, -0.2) is 42.8 Å². The molecular formula is C14H18N4O3. The Morgan fingerprint density at radius 2 is 2.10 bits per heavy atom. The molecule has 2 aromatic heterocycles. The Morgan fingerprint density at radius 3 is 2.76 bits per heavy atom. The van der Waals surface area contributed by atoms with E-state index >= 15 is 0 Å². The van der Waals surface area contributed by atoms with Gasteiger partial charge in [-0.05, 0) is 13.0 Å². The number of aromatic nitrogens is 2. The molecule has 0 unspecified atom stereocenters. The van der Waals surface area contributed by atoms with Gasteiger partial charge in [-0.25, -0.2) is 4.98 Å². The second-order valence-corrected chi connectivity index (χ2v) is 4.98. The van der Waals surface area contributed by atoms with Crippen LogP contribution in [0.15, 0.2) is 17.1 Å². The van der Waals surface area contributed by atoms with Crippen molar-refractivity contribution in [3.63, 3.8) is 0 Å². The zero-order valence-corrected chi connectivity index (χ0v) is 12.1. The number of nitrogens with zero attached hydrogens (tertiary/aromatic N) is 3. The predicted octanol–water partition coefficient (Wildman–Crippen LogP) is 0.430. The molecule has 0 radical (unpaired) electrons. The maximum atomic E-state index is 12.5. The Labute approximate surface area is 121 Å². The first-order chi connectivity index (χ1) is 10.1. The van der Waals surface area contributed by atoms with Gasteiger partial charge in [0.15, 0.2) is 5.65 Å². The SMILES string of the molecule is COc1c(C)nc2c(N)cc(N3CCOCC3)cn2c1=O. The molecule has 0 saturated carbocycles. The second-order valence-electron chi connectivity index (χ2n) is 4.98. The molecule has 0 atom stereocenters. The molecule has 21 heavy (non-hydrogen) atoms. The topological polar surface area (TPSA) is 82.1 Å². The minimum Gasteiger partial charge on any atom is -0.490 e. The quantitative estimate of drug-likeness (QED) is 0.863. The van der Waals surface area contributed by atoms with Crippen LogP contribution in [0.4, 0.5) is 11.4 Å². The third kappa shape index (κ3) is 2.29. The van der Waals surface area contributed by atoms with Gasteiger partial charge in [-0.3, -0.25) is 9.20 Å². The fourth-order valence-electron chi connectivity index (χ4n) is 2.57. The molecule has 1 fully saturated rings. The van der Waals surface area contributed by atoms with Crippen molar-refractivity contribution in [2.24, 2.45) is 0 Å². The standard InChI is InChI=1S/C14H18N4O3/c1-9-12(20-2)14(19)18-8-10(7-11(15)13(18)16-9)17-3-5-21-6-4-17/h7-8H,3-6,15H2,1-2H3. The first-order valence-corrected chi connectivity index (χ1v) is 6.81. The molecule has 0 aliphatic carbocycles. The summed E-state index contributed by atoms with van der Waals surface area (Å²) in [7, 11) is 1.47. The third-order valence-electron chi connectivity index (χ3n) is 3.65. The number of hydrogen-bond donors (Lipinski definition) is 1. The van der Waals surface area contributed by atoms with E-state index in [-0.39, 0.29) is 11.3 Å². The number of aryl methyl sites for hydroxylation is 1. The summed E-state index contributed by atoms with van der Waals surface area (Å²) in [5.74, 6) is 0.242. The minimum absolute atomic E-state index is 0.242. The molecule has 7 heteroatoms. The largest absolute Gasteiger partial charge is 0.490 e. The minimum atomic E-state index is -0.248. The lowest BCUT2D eigenvalue weighted by molar-refractivity contribution is 0.122. The number of anilines is 2. The van der Waals surface area contributed by atoms with Gasteiger partial charge in [0.1, 0.15) is 0 Å². The van der Waals surface area contributed by atoms with E-state index in [1.807, 2.05) is 6.07 Å². The molecule has 3 rings (SSSR count). The Balaban J connectivity index is 2.20. The third-order valence-corrected chi connectivity index (χ3v) is 3.65. The van der Waals surface area contributed by atoms with Crippen molar-refractivity contribution in [3.05, 3.63) is 28.3 Å². The molecule has 7 nitrogen and oxygen atoms in total. The Morgan fingerprint density at radius 1 is 1.38 bits per heavy atom. The van der Waals surface area contributed by atoms with Crippen LogP contribution in [0.25, 0.3) is 5.65 Å². The highest BCUT2D eigenvalue weighted by Gasteiger charge is 2.16. The zero-order valence-electron chi connectivity index (χ0n) is 12.1. The Hall–Kier alpha value is -2.28. The number of rotatable bonds is 2. The highest BCUT2D eigenvalue weighted by Crippen LogP contribution is 2.23. The molecule has 1 saturated heterocycles. The summed E-state index contributed by atoms with van der Waals surface area (Å²) < 4.78 is 11.9. The van der Waals surface area contributed by atoms with Gasteiger partial charge in [-0.15, -0.1) is 0 Å². The number of ether oxygens (including phenoxy) is 2. The van der Waals surface area contributed by atoms with Gasteiger partial charge in [0, 0.05) is 19.3 Å². The monoisotopic (exact) mass is 290 g/mol. The van der Waals surface area contributed by atoms with E-state index < -0.39 is 0 Å². The van der Waals surface area contributed by atoms with Gasteiger partial charge >= 0.3 is 5.56 Å². The van der Waals surface area contributed by atoms with Crippen molar-refractivity contribution in [1.29, 1.82) is 0 Å². The summed E-state index contributed by atoms with van der Waals surface area (Å²) in [5, 5.41) is 0. The van der Waals surface area contributed by atoms with E-state index in [1.54, 1.807) is 13.1 Å². The van der Waals surface area contributed by atoms with Gasteiger partial charge < -0.3 is 20.1 Å². The molecule has 0 spiro atoms. The van der Waals surface area contributed by atoms with Crippen molar-refractivity contribution in [1.82, 2.24) is 9.38 Å². The first-order valence-electron chi connectivity index (χ1n) is 6.81. The number of hydrogen-bond acceptors (Lipinski definition) is 6. The predicted molar refractivity (Wildman–Crippen MR) is 80.2 cm³/mol. The Bertz CT molecular complexity index is 735. The summed E-state index contributed by atoms with van der Waals surface area (Å²) in [6, 6.07) is 1.85. The molecule has 0 bridgehead atoms. The highest BCUT2D eigenvalue weighted by atomic mass is 16.5. The van der Waals surface area contributed by atoms with Crippen molar-refractivity contribution in [2.45, 2.75) is 6.92 Å². The molecule has 1 aliphatic heterocycles. The highest BCUT2D eigenvalue weighted by molar-refractivity contribution is 5.70. The summed E-state index contributed by atoms with van der Waals surface area (Å²) in [4.78, 5) is 19.0. The molecule has 3 heterocycles. The number of morpholine rings is 1. The summed E-state index contributed by atoms with van der Waals surface area (Å²) >= 11 is 0. The van der Waals surface area contributed by atoms with Crippen LogP contribution in [-0.2, 0) is 4.74 Å². The van der Waals surface area contributed by atoms with Crippen LogP contribution in [0.1, 0.15) is 5.69 Å². The Kier molecular flexibility index (Phi) is 3.42. The summed E-state index contributed by atoms with van der Waals surface area (Å²) in [6.07, 6.45) is 1.76. The van der Waals surface area contributed by atoms with Crippen LogP contribution >= 0.6 is 0 Å². The van der Waals surface area contributed by atoms with Crippen molar-refractivity contribution >= 4 is 17.0 Å². The smallest absolute Gasteiger partial charge is 0.300 e. The molecule has 2 aromatic rings. The van der Waals surface area contributed by atoms with Gasteiger partial charge in [-0.2, -0.15) is 0 Å². The molecular weight excluding hydrogens is 272 g/mol. The van der Waals surface area contributed by atoms with Crippen molar-refractivity contribution < 1.29 is 9.47 Å². The first kappa shape index (κ1) is 13.7. The molecule has 1 aliphatic rings. The van der Waals surface area contributed by atoms with Gasteiger partial charge in [0.05, 0.1) is 37.4 Å². The van der Waals surface area contributed by atoms with Crippen LogP contribution in [0.2, 0.25) is 0 Å². The number of nitrogen functional groups attached to an aromatic ring is 1. The number of fused-ring (bicyclic) bond motifs is 1. The van der Waals surface area contributed by atoms with Gasteiger partial charge in [-0.1, -0.05) is 0 Å². The lowest BCUT2D eigenvalue weighted by Crippen LogP contribution is -2.36. The lowest BCUT2D eigenvalue weighted by Gasteiger charge is -2.29. The maximum absolute atomic E-state index is 12.5. The average Bonchev–Trinajstić information content (AvgIpc) is 2.49. The van der Waals surface area contributed by atoms with E-state index in [0.717, 1.165) is 18.8 Å². The zero-order chi connectivity index (χ0) is 15.0. The van der Waals surface area contributed by atoms with Crippen molar-refractivity contribution in [2.75, 3.05) is 44.0 Å². The molecule has 2 N–H and O–H groups in total. The fourth-order valence-corrected chi connectivity index (χ4v) is 2.57. The lowest BCUT2D eigenvalue weighted by atomic mass is 10.3. The van der Waals surface area contributed by atoms with Crippen LogP contribution in [0, 0.1) is 6.92 Å². The normalized spacial score (nSPS) is 15.4. The van der Waals surface area contributed by atoms with Crippen molar-refractivity contribution in [3.8, 4) is 5.75 Å². The summed E-state index contributed by atoms with van der Waals surface area (Å²) in [6.45, 7) is 4.62. The van der Waals surface area contributed by atoms with Crippen LogP contribution in [0.3, 0.4) is 0 Å². The van der Waals surface area contributed by atoms with E-state index in [2.05, 4.69) is 9.88 Å². The van der Waals surface area contributed by atoms with Gasteiger partial charge in [0.2, 0.25) is 5.75 Å². The van der Waals surface area contributed by atoms with E-state index in [4.69, 9.17) is 15.2 Å². The van der Waals surface area contributed by atoms with E-state index in [0.29, 0.717) is 30.2 Å². The van der Waals surface area contributed by atoms with E-state index in [9.17, 15) is 4.79 Å². The second kappa shape index (κ2) is 5.25. The fraction of sp³-hybridized carbons (Fsp3) is 0.429. The molecule has 0 aromatic carbocycles. The number of pyridine rings is 1. The number of methoxy groups -OCH3 is 1. The summed E-state index contributed by atoms with van der Waals surface area (Å²) in [5.41, 5.74) is 8.17. The van der Waals surface area contributed by atoms with E-state index in [1.165, 1.54) is 11.5 Å². The molecule has 0 amide bonds. The average molecular weight is 290 g/mol. The van der Waals surface area contributed by atoms with Crippen LogP contribution in [0.5, 0.6) is 5.75 Å². The van der Waals surface area contributed by atoms with Gasteiger partial charge in [0.25, 0.3) is 0 Å². The molecule has 112 valence electrons.